The third kappa shape index (κ3) is 4.78. The zero-order valence-corrected chi connectivity index (χ0v) is 9.17. The molecule has 0 aromatic carbocycles. The molecule has 0 saturated carbocycles. The molecule has 0 atom stereocenters. The van der Waals surface area contributed by atoms with Crippen LogP contribution in [0, 0.1) is 0 Å². The Balaban J connectivity index is 2.56. The van der Waals surface area contributed by atoms with Crippen LogP contribution in [0.1, 0.15) is 5.56 Å². The fourth-order valence-electron chi connectivity index (χ4n) is 1.01. The first kappa shape index (κ1) is 12.7. The molecule has 6 heteroatoms. The van der Waals surface area contributed by atoms with Gasteiger partial charge in [0.2, 0.25) is 0 Å². The van der Waals surface area contributed by atoms with E-state index in [1.54, 1.807) is 12.1 Å². The molecule has 1 N–H and O–H groups in total. The molecule has 1 aromatic heterocycles. The normalized spacial score (nSPS) is 10.2. The van der Waals surface area contributed by atoms with Crippen LogP contribution >= 0.6 is 0 Å². The van der Waals surface area contributed by atoms with Gasteiger partial charge in [-0.3, -0.25) is 4.79 Å². The van der Waals surface area contributed by atoms with Gasteiger partial charge in [-0.25, -0.2) is 4.98 Å². The number of pyridine rings is 1. The monoisotopic (exact) mass is 235 g/mol. The number of nitrogens with zero attached hydrogens (tertiary/aromatic N) is 1. The van der Waals surface area contributed by atoms with Gasteiger partial charge in [0, 0.05) is 6.20 Å². The lowest BCUT2D eigenvalue weighted by Gasteiger charge is -2.03. The highest BCUT2D eigenvalue weighted by molar-refractivity contribution is 5.83. The van der Waals surface area contributed by atoms with E-state index in [1.165, 1.54) is 19.4 Å². The SMILES string of the molecule is COC(=O)CNc1ccc(/C=C/C(=O)[O-])cn1. The topological polar surface area (TPSA) is 91.3 Å². The van der Waals surface area contributed by atoms with Crippen molar-refractivity contribution in [2.45, 2.75) is 0 Å². The van der Waals surface area contributed by atoms with Crippen molar-refractivity contribution in [1.82, 2.24) is 4.98 Å². The molecule has 0 unspecified atom stereocenters. The quantitative estimate of drug-likeness (QED) is 0.543. The molecular weight excluding hydrogens is 224 g/mol. The first-order chi connectivity index (χ1) is 8.11. The van der Waals surface area contributed by atoms with Gasteiger partial charge in [0.25, 0.3) is 0 Å². The highest BCUT2D eigenvalue weighted by Crippen LogP contribution is 2.06. The lowest BCUT2D eigenvalue weighted by Crippen LogP contribution is -2.18. The van der Waals surface area contributed by atoms with Gasteiger partial charge < -0.3 is 20.0 Å². The Labute approximate surface area is 97.9 Å². The first-order valence-corrected chi connectivity index (χ1v) is 4.77. The number of carboxylic acid groups (broad SMARTS) is 1. The summed E-state index contributed by atoms with van der Waals surface area (Å²) >= 11 is 0. The van der Waals surface area contributed by atoms with Crippen LogP contribution in [0.3, 0.4) is 0 Å². The molecule has 17 heavy (non-hydrogen) atoms. The van der Waals surface area contributed by atoms with E-state index in [9.17, 15) is 14.7 Å². The van der Waals surface area contributed by atoms with Crippen molar-refractivity contribution in [2.75, 3.05) is 19.0 Å². The van der Waals surface area contributed by atoms with Crippen molar-refractivity contribution in [3.05, 3.63) is 30.0 Å². The Morgan fingerprint density at radius 2 is 2.29 bits per heavy atom. The number of anilines is 1. The van der Waals surface area contributed by atoms with Crippen molar-refractivity contribution in [2.24, 2.45) is 0 Å². The molecule has 6 nitrogen and oxygen atoms in total. The number of nitrogens with one attached hydrogen (secondary N) is 1. The van der Waals surface area contributed by atoms with Gasteiger partial charge in [-0.05, 0) is 23.8 Å². The van der Waals surface area contributed by atoms with Crippen molar-refractivity contribution in [3.8, 4) is 0 Å². The molecule has 0 amide bonds. The van der Waals surface area contributed by atoms with E-state index >= 15 is 0 Å². The Bertz CT molecular complexity index is 426. The second-order valence-electron chi connectivity index (χ2n) is 3.06. The molecule has 0 aliphatic rings. The summed E-state index contributed by atoms with van der Waals surface area (Å²) in [5.41, 5.74) is 0.623. The second kappa shape index (κ2) is 6.26. The van der Waals surface area contributed by atoms with Crippen LogP contribution in [0.25, 0.3) is 6.08 Å². The molecule has 0 spiro atoms. The number of hydrogen-bond acceptors (Lipinski definition) is 6. The van der Waals surface area contributed by atoms with Crippen LogP contribution < -0.4 is 10.4 Å². The smallest absolute Gasteiger partial charge is 0.325 e. The van der Waals surface area contributed by atoms with Crippen LogP contribution in [0.4, 0.5) is 5.82 Å². The molecule has 1 aromatic rings. The van der Waals surface area contributed by atoms with Gasteiger partial charge >= 0.3 is 5.97 Å². The second-order valence-corrected chi connectivity index (χ2v) is 3.06. The molecule has 0 aliphatic carbocycles. The Morgan fingerprint density at radius 1 is 1.53 bits per heavy atom. The molecule has 1 rings (SSSR count). The third-order valence-corrected chi connectivity index (χ3v) is 1.84. The summed E-state index contributed by atoms with van der Waals surface area (Å²) in [5, 5.41) is 12.9. The van der Waals surface area contributed by atoms with Crippen molar-refractivity contribution in [3.63, 3.8) is 0 Å². The number of carbonyl (C=O) groups excluding carboxylic acids is 2. The van der Waals surface area contributed by atoms with Gasteiger partial charge in [0.1, 0.15) is 12.4 Å². The van der Waals surface area contributed by atoms with Crippen LogP contribution in [0.2, 0.25) is 0 Å². The minimum atomic E-state index is -1.27. The summed E-state index contributed by atoms with van der Waals surface area (Å²) in [5.74, 6) is -1.16. The minimum absolute atomic E-state index is 0.0255. The Morgan fingerprint density at radius 3 is 2.82 bits per heavy atom. The maximum atomic E-state index is 10.8. The molecular formula is C11H11N2O4-. The fourth-order valence-corrected chi connectivity index (χ4v) is 1.01. The predicted molar refractivity (Wildman–Crippen MR) is 58.8 cm³/mol. The molecule has 0 fully saturated rings. The number of ether oxygens (including phenoxy) is 1. The number of methoxy groups -OCH3 is 1. The van der Waals surface area contributed by atoms with E-state index in [1.807, 2.05) is 0 Å². The Hall–Kier alpha value is -2.37. The number of rotatable bonds is 5. The molecule has 0 radical (unpaired) electrons. The highest BCUT2D eigenvalue weighted by atomic mass is 16.5. The summed E-state index contributed by atoms with van der Waals surface area (Å²) in [6, 6.07) is 3.28. The molecule has 1 heterocycles. The van der Waals surface area contributed by atoms with E-state index in [2.05, 4.69) is 15.0 Å². The molecule has 90 valence electrons. The maximum Gasteiger partial charge on any atom is 0.325 e. The maximum absolute atomic E-state index is 10.8. The third-order valence-electron chi connectivity index (χ3n) is 1.84. The summed E-state index contributed by atoms with van der Waals surface area (Å²) in [4.78, 5) is 25.0. The van der Waals surface area contributed by atoms with Crippen molar-refractivity contribution in [1.29, 1.82) is 0 Å². The molecule has 0 aliphatic heterocycles. The summed E-state index contributed by atoms with van der Waals surface area (Å²) in [7, 11) is 1.30. The van der Waals surface area contributed by atoms with Gasteiger partial charge in [-0.1, -0.05) is 6.08 Å². The van der Waals surface area contributed by atoms with Crippen LogP contribution in [0.5, 0.6) is 0 Å². The van der Waals surface area contributed by atoms with Gasteiger partial charge in [0.05, 0.1) is 13.1 Å². The van der Waals surface area contributed by atoms with E-state index in [-0.39, 0.29) is 6.54 Å². The number of carboxylic acids is 1. The van der Waals surface area contributed by atoms with Crippen molar-refractivity contribution < 1.29 is 19.4 Å². The number of carbonyl (C=O) groups is 2. The summed E-state index contributed by atoms with van der Waals surface area (Å²) < 4.78 is 4.45. The standard InChI is InChI=1S/C11H12N2O4/c1-17-11(16)7-13-9-4-2-8(6-12-9)3-5-10(14)15/h2-6H,7H2,1H3,(H,12,13)(H,14,15)/p-1/b5-3+. The number of aromatic nitrogens is 1. The molecule has 0 saturated heterocycles. The average Bonchev–Trinajstić information content (AvgIpc) is 2.34. The average molecular weight is 235 g/mol. The van der Waals surface area contributed by atoms with Crippen LogP contribution in [-0.2, 0) is 14.3 Å². The van der Waals surface area contributed by atoms with Crippen LogP contribution in [0.15, 0.2) is 24.4 Å². The van der Waals surface area contributed by atoms with Gasteiger partial charge in [-0.15, -0.1) is 0 Å². The highest BCUT2D eigenvalue weighted by Gasteiger charge is 1.99. The zero-order chi connectivity index (χ0) is 12.7. The minimum Gasteiger partial charge on any atom is -0.545 e. The summed E-state index contributed by atoms with van der Waals surface area (Å²) in [6.45, 7) is 0.0255. The predicted octanol–water partition coefficient (Wildman–Crippen LogP) is -0.570. The largest absolute Gasteiger partial charge is 0.545 e. The Kier molecular flexibility index (Phi) is 4.68. The van der Waals surface area contributed by atoms with E-state index in [0.29, 0.717) is 11.4 Å². The lowest BCUT2D eigenvalue weighted by atomic mass is 10.2. The van der Waals surface area contributed by atoms with E-state index in [0.717, 1.165) is 6.08 Å². The number of aliphatic carboxylic acids is 1. The molecule has 0 bridgehead atoms. The van der Waals surface area contributed by atoms with E-state index < -0.39 is 11.9 Å². The van der Waals surface area contributed by atoms with Crippen LogP contribution in [-0.4, -0.2) is 30.6 Å². The fraction of sp³-hybridized carbons (Fsp3) is 0.182. The first-order valence-electron chi connectivity index (χ1n) is 4.77. The summed E-state index contributed by atoms with van der Waals surface area (Å²) in [6.07, 6.45) is 3.75. The van der Waals surface area contributed by atoms with E-state index in [4.69, 9.17) is 0 Å². The lowest BCUT2D eigenvalue weighted by molar-refractivity contribution is -0.297. The van der Waals surface area contributed by atoms with Gasteiger partial charge in [0.15, 0.2) is 0 Å². The van der Waals surface area contributed by atoms with Crippen molar-refractivity contribution >= 4 is 23.8 Å². The zero-order valence-electron chi connectivity index (χ0n) is 9.17. The van der Waals surface area contributed by atoms with Gasteiger partial charge in [-0.2, -0.15) is 0 Å². The number of esters is 1. The number of hydrogen-bond donors (Lipinski definition) is 1.